The first-order chi connectivity index (χ1) is 27.6. The van der Waals surface area contributed by atoms with E-state index in [0.29, 0.717) is 38.5 Å². The monoisotopic (exact) mass is 840 g/mol. The van der Waals surface area contributed by atoms with E-state index in [0.717, 1.165) is 70.8 Å². The Morgan fingerprint density at radius 1 is 0.746 bits per heavy atom. The largest absolute Gasteiger partial charge is 0.342 e. The molecule has 8 atom stereocenters. The summed E-state index contributed by atoms with van der Waals surface area (Å²) in [5.74, 6) is -2.18. The summed E-state index contributed by atoms with van der Waals surface area (Å²) in [5, 5.41) is 9.36. The van der Waals surface area contributed by atoms with Crippen LogP contribution < -0.4 is 20.7 Å². The summed E-state index contributed by atoms with van der Waals surface area (Å²) >= 11 is -1.72. The Hall–Kier alpha value is -2.84. The van der Waals surface area contributed by atoms with Gasteiger partial charge in [-0.2, -0.15) is 0 Å². The van der Waals surface area contributed by atoms with E-state index in [9.17, 15) is 23.4 Å². The van der Waals surface area contributed by atoms with Crippen molar-refractivity contribution in [3.63, 3.8) is 0 Å². The van der Waals surface area contributed by atoms with Gasteiger partial charge in [0.2, 0.25) is 23.6 Å². The molecule has 5 amide bonds. The quantitative estimate of drug-likeness (QED) is 0.211. The van der Waals surface area contributed by atoms with Crippen molar-refractivity contribution in [1.82, 2.24) is 34.8 Å². The molecule has 0 aromatic heterocycles. The predicted molar refractivity (Wildman–Crippen MR) is 228 cm³/mol. The van der Waals surface area contributed by atoms with Gasteiger partial charge < -0.3 is 20.9 Å². The molecule has 7 rings (SSSR count). The average Bonchev–Trinajstić information content (AvgIpc) is 3.59. The van der Waals surface area contributed by atoms with Crippen molar-refractivity contribution in [3.8, 4) is 0 Å². The van der Waals surface area contributed by atoms with Gasteiger partial charge >= 0.3 is 0 Å². The van der Waals surface area contributed by atoms with Gasteiger partial charge in [0.15, 0.2) is 11.2 Å². The summed E-state index contributed by atoms with van der Waals surface area (Å²) in [5.41, 5.74) is -3.10. The molecule has 3 saturated heterocycles. The maximum absolute atomic E-state index is 15.2. The zero-order valence-corrected chi connectivity index (χ0v) is 38.0. The van der Waals surface area contributed by atoms with Crippen molar-refractivity contribution >= 4 is 40.7 Å². The van der Waals surface area contributed by atoms with Crippen molar-refractivity contribution in [3.05, 3.63) is 12.7 Å². The number of carbonyl (C=O) groups excluding carboxylic acids is 5. The van der Waals surface area contributed by atoms with E-state index in [2.05, 4.69) is 46.0 Å². The van der Waals surface area contributed by atoms with Crippen LogP contribution in [0.2, 0.25) is 0 Å². The molecule has 0 bridgehead atoms. The summed E-state index contributed by atoms with van der Waals surface area (Å²) in [7, 11) is 0. The van der Waals surface area contributed by atoms with Gasteiger partial charge in [0, 0.05) is 37.0 Å². The van der Waals surface area contributed by atoms with Crippen LogP contribution in [0.15, 0.2) is 12.7 Å². The maximum atomic E-state index is 15.2. The molecule has 7 fully saturated rings. The highest BCUT2D eigenvalue weighted by molar-refractivity contribution is 7.81. The summed E-state index contributed by atoms with van der Waals surface area (Å²) in [6.07, 6.45) is 14.8. The molecule has 0 aromatic carbocycles. The van der Waals surface area contributed by atoms with Crippen LogP contribution in [0.5, 0.6) is 0 Å². The van der Waals surface area contributed by atoms with Crippen molar-refractivity contribution < 1.29 is 28.2 Å². The molecule has 330 valence electrons. The van der Waals surface area contributed by atoms with Crippen LogP contribution in [0, 0.1) is 33.0 Å². The first-order valence-corrected chi connectivity index (χ1v) is 23.8. The molecular weight excluding hydrogens is 767 g/mol. The molecule has 2 spiro atoms. The lowest BCUT2D eigenvalue weighted by atomic mass is 9.73. The SMILES string of the molecule is C=CC1CC1(NC(=O)C1CC2(CN1C(=O)C(NC(=O)C(NC(=O)C1CCCCN1C1CCCC1)C(C)(C)C)C(C)(C)C)C(C)(C)C21CCC1)C(=O)NS(=O)N1CCCC1. The Balaban J connectivity index is 1.13. The van der Waals surface area contributed by atoms with Gasteiger partial charge in [-0.25, -0.2) is 8.51 Å². The molecule has 4 aliphatic carbocycles. The third kappa shape index (κ3) is 7.61. The Labute approximate surface area is 355 Å². The summed E-state index contributed by atoms with van der Waals surface area (Å²) in [6.45, 7) is 22.5. The lowest BCUT2D eigenvalue weighted by Crippen LogP contribution is -2.64. The van der Waals surface area contributed by atoms with Gasteiger partial charge in [-0.05, 0) is 92.4 Å². The molecular formula is C45H73N7O6S. The number of nitrogens with one attached hydrogen (secondary N) is 4. The standard InChI is InChI=1S/C45H73N7O6S/c1-10-29-26-45(29,39(57)49-59(58)50-23-15-16-24-50)48-36(54)32-27-44(42(8,9)43(44)21-17-22-43)28-52(32)38(56)34(41(5,6)7)47-37(55)33(40(2,3)4)46-35(53)31-20-13-14-25-51(31)30-18-11-12-19-30/h10,29-34H,1,11-28H2,2-9H3,(H,46,53)(H,47,55)(H,48,54)(H,49,57). The second-order valence-corrected chi connectivity index (χ2v) is 23.2. The fourth-order valence-corrected chi connectivity index (χ4v) is 13.4. The molecule has 0 radical (unpaired) electrons. The van der Waals surface area contributed by atoms with Crippen molar-refractivity contribution in [1.29, 1.82) is 0 Å². The Morgan fingerprint density at radius 2 is 1.36 bits per heavy atom. The van der Waals surface area contributed by atoms with E-state index >= 15 is 4.79 Å². The molecule has 0 aromatic rings. The minimum Gasteiger partial charge on any atom is -0.342 e. The second-order valence-electron chi connectivity index (χ2n) is 22.0. The molecule has 8 unspecified atom stereocenters. The maximum Gasteiger partial charge on any atom is 0.259 e. The Morgan fingerprint density at radius 3 is 1.90 bits per heavy atom. The zero-order chi connectivity index (χ0) is 42.9. The summed E-state index contributed by atoms with van der Waals surface area (Å²) < 4.78 is 17.5. The highest BCUT2D eigenvalue weighted by Crippen LogP contribution is 2.88. The van der Waals surface area contributed by atoms with Crippen LogP contribution >= 0.6 is 0 Å². The number of carbonyl (C=O) groups is 5. The fourth-order valence-electron chi connectivity index (χ4n) is 12.4. The lowest BCUT2D eigenvalue weighted by molar-refractivity contribution is -0.145. The number of amides is 5. The van der Waals surface area contributed by atoms with Crippen LogP contribution in [0.4, 0.5) is 0 Å². The van der Waals surface area contributed by atoms with Crippen LogP contribution in [-0.4, -0.2) is 110 Å². The average molecular weight is 840 g/mol. The first kappa shape index (κ1) is 44.2. The van der Waals surface area contributed by atoms with E-state index in [-0.39, 0.29) is 40.0 Å². The van der Waals surface area contributed by atoms with Gasteiger partial charge in [0.05, 0.1) is 6.04 Å². The van der Waals surface area contributed by atoms with Crippen LogP contribution in [0.3, 0.4) is 0 Å². The van der Waals surface area contributed by atoms with Gasteiger partial charge in [0.25, 0.3) is 5.91 Å². The fraction of sp³-hybridized carbons (Fsp3) is 0.844. The van der Waals surface area contributed by atoms with Crippen molar-refractivity contribution in [2.24, 2.45) is 33.0 Å². The summed E-state index contributed by atoms with van der Waals surface area (Å²) in [4.78, 5) is 76.6. The van der Waals surface area contributed by atoms with Crippen LogP contribution in [0.25, 0.3) is 0 Å². The number of rotatable bonds is 12. The Bertz CT molecular complexity index is 1720. The molecule has 3 heterocycles. The minimum absolute atomic E-state index is 0.0199. The number of fused-ring (bicyclic) bond motifs is 1. The van der Waals surface area contributed by atoms with Gasteiger partial charge in [-0.15, -0.1) is 6.58 Å². The van der Waals surface area contributed by atoms with E-state index in [1.807, 2.05) is 41.5 Å². The lowest BCUT2D eigenvalue weighted by Gasteiger charge is -2.41. The van der Waals surface area contributed by atoms with E-state index in [4.69, 9.17) is 0 Å². The highest BCUT2D eigenvalue weighted by Gasteiger charge is 2.85. The smallest absolute Gasteiger partial charge is 0.259 e. The molecule has 4 saturated carbocycles. The van der Waals surface area contributed by atoms with Gasteiger partial charge in [0.1, 0.15) is 23.7 Å². The number of piperidine rings is 1. The molecule has 59 heavy (non-hydrogen) atoms. The summed E-state index contributed by atoms with van der Waals surface area (Å²) in [6, 6.07) is -2.68. The second kappa shape index (κ2) is 15.8. The third-order valence-corrected chi connectivity index (χ3v) is 17.6. The van der Waals surface area contributed by atoms with Crippen LogP contribution in [-0.2, 0) is 35.1 Å². The predicted octanol–water partition coefficient (Wildman–Crippen LogP) is 4.49. The van der Waals surface area contributed by atoms with Crippen molar-refractivity contribution in [2.75, 3.05) is 26.2 Å². The molecule has 14 heteroatoms. The van der Waals surface area contributed by atoms with Gasteiger partial charge in [-0.1, -0.05) is 87.1 Å². The third-order valence-electron chi connectivity index (χ3n) is 16.4. The number of nitrogens with zero attached hydrogens (tertiary/aromatic N) is 3. The highest BCUT2D eigenvalue weighted by atomic mass is 32.2. The first-order valence-electron chi connectivity index (χ1n) is 22.7. The Kier molecular flexibility index (Phi) is 11.9. The van der Waals surface area contributed by atoms with E-state index in [1.54, 1.807) is 15.3 Å². The topological polar surface area (TPSA) is 160 Å². The minimum atomic E-state index is -1.72. The van der Waals surface area contributed by atoms with Gasteiger partial charge in [-0.3, -0.25) is 33.6 Å². The van der Waals surface area contributed by atoms with Crippen LogP contribution in [0.1, 0.15) is 145 Å². The molecule has 3 aliphatic heterocycles. The zero-order valence-electron chi connectivity index (χ0n) is 37.2. The van der Waals surface area contributed by atoms with E-state index in [1.165, 1.54) is 12.8 Å². The van der Waals surface area contributed by atoms with E-state index < -0.39 is 63.4 Å². The number of hydrogen-bond acceptors (Lipinski definition) is 7. The normalized spacial score (nSPS) is 33.2. The number of likely N-dealkylation sites (tertiary alicyclic amines) is 2. The number of hydrogen-bond donors (Lipinski definition) is 4. The van der Waals surface area contributed by atoms with Crippen molar-refractivity contribution in [2.45, 2.75) is 181 Å². The molecule has 4 N–H and O–H groups in total. The molecule has 7 aliphatic rings. The molecule has 13 nitrogen and oxygen atoms in total.